The first-order chi connectivity index (χ1) is 5.24. The van der Waals surface area contributed by atoms with Crippen molar-refractivity contribution in [3.8, 4) is 0 Å². The standard InChI is InChI=1S/C8H14O3/c9-5-6-2-1-3-7(4-6)8(10)11/h6-7,9H,1-5H2,(H,10,11)/t6-,7+/m0/s1. The molecule has 1 aliphatic rings. The van der Waals surface area contributed by atoms with Gasteiger partial charge in [0, 0.05) is 6.61 Å². The lowest BCUT2D eigenvalue weighted by Gasteiger charge is -2.24. The van der Waals surface area contributed by atoms with Crippen LogP contribution in [0.15, 0.2) is 0 Å². The third kappa shape index (κ3) is 2.19. The van der Waals surface area contributed by atoms with Gasteiger partial charge in [0.15, 0.2) is 0 Å². The first-order valence-electron chi connectivity index (χ1n) is 4.07. The molecule has 0 radical (unpaired) electrons. The smallest absolute Gasteiger partial charge is 0.306 e. The summed E-state index contributed by atoms with van der Waals surface area (Å²) in [5.41, 5.74) is 0. The number of aliphatic hydroxyl groups excluding tert-OH is 1. The van der Waals surface area contributed by atoms with Gasteiger partial charge in [-0.25, -0.2) is 0 Å². The molecule has 0 saturated heterocycles. The van der Waals surface area contributed by atoms with Crippen LogP contribution in [0.3, 0.4) is 0 Å². The number of carboxylic acid groups (broad SMARTS) is 1. The Bertz CT molecular complexity index is 144. The number of aliphatic carboxylic acids is 1. The Morgan fingerprint density at radius 3 is 2.73 bits per heavy atom. The molecule has 3 nitrogen and oxygen atoms in total. The number of rotatable bonds is 2. The summed E-state index contributed by atoms with van der Waals surface area (Å²) in [6.45, 7) is 0.143. The van der Waals surface area contributed by atoms with Crippen LogP contribution in [-0.4, -0.2) is 22.8 Å². The van der Waals surface area contributed by atoms with E-state index >= 15 is 0 Å². The molecule has 0 amide bonds. The molecule has 1 aliphatic carbocycles. The summed E-state index contributed by atoms with van der Waals surface area (Å²) in [6, 6.07) is 0. The fourth-order valence-electron chi connectivity index (χ4n) is 1.68. The van der Waals surface area contributed by atoms with Crippen molar-refractivity contribution in [1.82, 2.24) is 0 Å². The van der Waals surface area contributed by atoms with Crippen molar-refractivity contribution in [3.05, 3.63) is 0 Å². The van der Waals surface area contributed by atoms with E-state index in [-0.39, 0.29) is 18.4 Å². The maximum absolute atomic E-state index is 10.5. The fraction of sp³-hybridized carbons (Fsp3) is 0.875. The number of carboxylic acids is 1. The second-order valence-electron chi connectivity index (χ2n) is 3.25. The molecule has 64 valence electrons. The molecule has 3 heteroatoms. The number of carbonyl (C=O) groups is 1. The summed E-state index contributed by atoms with van der Waals surface area (Å²) >= 11 is 0. The van der Waals surface area contributed by atoms with Crippen LogP contribution in [0.25, 0.3) is 0 Å². The molecule has 0 aromatic rings. The van der Waals surface area contributed by atoms with Crippen LogP contribution < -0.4 is 0 Å². The summed E-state index contributed by atoms with van der Waals surface area (Å²) in [5, 5.41) is 17.5. The van der Waals surface area contributed by atoms with Gasteiger partial charge < -0.3 is 10.2 Å². The van der Waals surface area contributed by atoms with E-state index in [0.717, 1.165) is 19.3 Å². The summed E-state index contributed by atoms with van der Waals surface area (Å²) < 4.78 is 0. The SMILES string of the molecule is O=C(O)[C@@H]1CCC[C@H](CO)C1. The van der Waals surface area contributed by atoms with Crippen molar-refractivity contribution in [2.75, 3.05) is 6.61 Å². The second-order valence-corrected chi connectivity index (χ2v) is 3.25. The Labute approximate surface area is 66.0 Å². The molecule has 0 aromatic heterocycles. The first kappa shape index (κ1) is 8.53. The molecule has 2 N–H and O–H groups in total. The van der Waals surface area contributed by atoms with Crippen LogP contribution in [0.4, 0.5) is 0 Å². The second kappa shape index (κ2) is 3.72. The molecule has 1 saturated carbocycles. The van der Waals surface area contributed by atoms with Crippen LogP contribution in [0, 0.1) is 11.8 Å². The zero-order valence-corrected chi connectivity index (χ0v) is 6.49. The summed E-state index contributed by atoms with van der Waals surface area (Å²) in [4.78, 5) is 10.5. The van der Waals surface area contributed by atoms with Gasteiger partial charge in [-0.2, -0.15) is 0 Å². The van der Waals surface area contributed by atoms with Crippen molar-refractivity contribution in [3.63, 3.8) is 0 Å². The predicted molar refractivity (Wildman–Crippen MR) is 40.2 cm³/mol. The van der Waals surface area contributed by atoms with E-state index in [4.69, 9.17) is 10.2 Å². The molecule has 2 atom stereocenters. The minimum absolute atomic E-state index is 0.143. The molecule has 0 bridgehead atoms. The van der Waals surface area contributed by atoms with Gasteiger partial charge in [-0.05, 0) is 25.2 Å². The van der Waals surface area contributed by atoms with Crippen LogP contribution in [-0.2, 0) is 4.79 Å². The van der Waals surface area contributed by atoms with Gasteiger partial charge in [0.25, 0.3) is 0 Å². The third-order valence-corrected chi connectivity index (χ3v) is 2.39. The van der Waals surface area contributed by atoms with Crippen LogP contribution >= 0.6 is 0 Å². The van der Waals surface area contributed by atoms with E-state index in [2.05, 4.69) is 0 Å². The Morgan fingerprint density at radius 2 is 2.18 bits per heavy atom. The number of hydrogen-bond donors (Lipinski definition) is 2. The van der Waals surface area contributed by atoms with Crippen molar-refractivity contribution >= 4 is 5.97 Å². The monoisotopic (exact) mass is 158 g/mol. The highest BCUT2D eigenvalue weighted by Crippen LogP contribution is 2.28. The number of aliphatic hydroxyl groups is 1. The summed E-state index contributed by atoms with van der Waals surface area (Å²) in [7, 11) is 0. The summed E-state index contributed by atoms with van der Waals surface area (Å²) in [5.74, 6) is -0.686. The van der Waals surface area contributed by atoms with E-state index < -0.39 is 5.97 Å². The zero-order valence-electron chi connectivity index (χ0n) is 6.49. The van der Waals surface area contributed by atoms with E-state index in [9.17, 15) is 4.79 Å². The lowest BCUT2D eigenvalue weighted by Crippen LogP contribution is -2.24. The summed E-state index contributed by atoms with van der Waals surface area (Å²) in [6.07, 6.45) is 3.38. The number of hydrogen-bond acceptors (Lipinski definition) is 2. The molecule has 0 aliphatic heterocycles. The Kier molecular flexibility index (Phi) is 2.88. The van der Waals surface area contributed by atoms with Gasteiger partial charge in [0.1, 0.15) is 0 Å². The van der Waals surface area contributed by atoms with E-state index in [1.807, 2.05) is 0 Å². The van der Waals surface area contributed by atoms with Crippen LogP contribution in [0.5, 0.6) is 0 Å². The molecule has 0 unspecified atom stereocenters. The first-order valence-corrected chi connectivity index (χ1v) is 4.07. The van der Waals surface area contributed by atoms with Gasteiger partial charge >= 0.3 is 5.97 Å². The zero-order chi connectivity index (χ0) is 8.27. The van der Waals surface area contributed by atoms with Crippen molar-refractivity contribution in [2.45, 2.75) is 25.7 Å². The lowest BCUT2D eigenvalue weighted by atomic mass is 9.82. The average Bonchev–Trinajstić information content (AvgIpc) is 2.05. The normalized spacial score (nSPS) is 31.7. The molecule has 0 aromatic carbocycles. The highest BCUT2D eigenvalue weighted by atomic mass is 16.4. The molecule has 1 fully saturated rings. The molecule has 11 heavy (non-hydrogen) atoms. The Hall–Kier alpha value is -0.570. The van der Waals surface area contributed by atoms with Gasteiger partial charge in [0.05, 0.1) is 5.92 Å². The third-order valence-electron chi connectivity index (χ3n) is 2.39. The van der Waals surface area contributed by atoms with E-state index in [1.165, 1.54) is 0 Å². The fourth-order valence-corrected chi connectivity index (χ4v) is 1.68. The minimum Gasteiger partial charge on any atom is -0.481 e. The highest BCUT2D eigenvalue weighted by Gasteiger charge is 2.25. The van der Waals surface area contributed by atoms with E-state index in [0.29, 0.717) is 6.42 Å². The molecular formula is C8H14O3. The average molecular weight is 158 g/mol. The lowest BCUT2D eigenvalue weighted by molar-refractivity contribution is -0.143. The maximum Gasteiger partial charge on any atom is 0.306 e. The van der Waals surface area contributed by atoms with Crippen molar-refractivity contribution in [1.29, 1.82) is 0 Å². The molecule has 0 spiro atoms. The van der Waals surface area contributed by atoms with Gasteiger partial charge in [-0.1, -0.05) is 6.42 Å². The largest absolute Gasteiger partial charge is 0.481 e. The Morgan fingerprint density at radius 1 is 1.45 bits per heavy atom. The minimum atomic E-state index is -0.705. The molecule has 1 rings (SSSR count). The topological polar surface area (TPSA) is 57.5 Å². The van der Waals surface area contributed by atoms with Gasteiger partial charge in [0.2, 0.25) is 0 Å². The quantitative estimate of drug-likeness (QED) is 0.627. The van der Waals surface area contributed by atoms with E-state index in [1.54, 1.807) is 0 Å². The molecule has 0 heterocycles. The maximum atomic E-state index is 10.5. The Balaban J connectivity index is 2.39. The van der Waals surface area contributed by atoms with Gasteiger partial charge in [-0.15, -0.1) is 0 Å². The predicted octanol–water partition coefficient (Wildman–Crippen LogP) is 0.870. The van der Waals surface area contributed by atoms with Crippen molar-refractivity contribution < 1.29 is 15.0 Å². The van der Waals surface area contributed by atoms with Crippen molar-refractivity contribution in [2.24, 2.45) is 11.8 Å². The molecular weight excluding hydrogens is 144 g/mol. The van der Waals surface area contributed by atoms with Crippen LogP contribution in [0.1, 0.15) is 25.7 Å². The highest BCUT2D eigenvalue weighted by molar-refractivity contribution is 5.70. The van der Waals surface area contributed by atoms with Gasteiger partial charge in [-0.3, -0.25) is 4.79 Å². The van der Waals surface area contributed by atoms with Crippen LogP contribution in [0.2, 0.25) is 0 Å².